The molecular weight excluding hydrogens is 303 g/mol. The lowest BCUT2D eigenvalue weighted by atomic mass is 10.2. The van der Waals surface area contributed by atoms with Crippen molar-refractivity contribution in [2.24, 2.45) is 0 Å². The zero-order valence-corrected chi connectivity index (χ0v) is 12.9. The van der Waals surface area contributed by atoms with Crippen molar-refractivity contribution >= 4 is 23.5 Å². The van der Waals surface area contributed by atoms with E-state index in [1.165, 1.54) is 23.1 Å². The van der Waals surface area contributed by atoms with E-state index in [9.17, 15) is 18.8 Å². The Labute approximate surface area is 133 Å². The van der Waals surface area contributed by atoms with Gasteiger partial charge in [-0.1, -0.05) is 6.07 Å². The van der Waals surface area contributed by atoms with Crippen LogP contribution in [0, 0.1) is 5.82 Å². The van der Waals surface area contributed by atoms with Gasteiger partial charge in [-0.25, -0.2) is 4.39 Å². The fourth-order valence-electron chi connectivity index (χ4n) is 2.45. The maximum absolute atomic E-state index is 13.2. The Morgan fingerprint density at radius 1 is 1.39 bits per heavy atom. The third kappa shape index (κ3) is 4.77. The molecule has 2 rings (SSSR count). The summed E-state index contributed by atoms with van der Waals surface area (Å²) in [7, 11) is 0. The van der Waals surface area contributed by atoms with E-state index in [0.717, 1.165) is 0 Å². The molecule has 0 bridgehead atoms. The molecule has 1 fully saturated rings. The molecule has 1 aromatic rings. The van der Waals surface area contributed by atoms with E-state index in [4.69, 9.17) is 4.74 Å². The molecule has 23 heavy (non-hydrogen) atoms. The fourth-order valence-corrected chi connectivity index (χ4v) is 2.45. The number of hydrogen-bond donors (Lipinski definition) is 1. The first-order valence-corrected chi connectivity index (χ1v) is 7.50. The van der Waals surface area contributed by atoms with Crippen molar-refractivity contribution in [1.82, 2.24) is 5.32 Å². The lowest BCUT2D eigenvalue weighted by Gasteiger charge is -2.17. The van der Waals surface area contributed by atoms with Crippen LogP contribution in [0.15, 0.2) is 24.3 Å². The second-order valence-corrected chi connectivity index (χ2v) is 5.26. The van der Waals surface area contributed by atoms with E-state index in [2.05, 4.69) is 5.32 Å². The van der Waals surface area contributed by atoms with Crippen molar-refractivity contribution in [1.29, 1.82) is 0 Å². The molecule has 7 heteroatoms. The van der Waals surface area contributed by atoms with Gasteiger partial charge in [-0.2, -0.15) is 0 Å². The summed E-state index contributed by atoms with van der Waals surface area (Å²) in [4.78, 5) is 36.5. The van der Waals surface area contributed by atoms with Crippen molar-refractivity contribution < 1.29 is 23.5 Å². The SMILES string of the molecule is CCOC(=O)CCC(=O)N[C@H]1CC(=O)N(c2cccc(F)c2)C1. The van der Waals surface area contributed by atoms with Gasteiger partial charge >= 0.3 is 5.97 Å². The van der Waals surface area contributed by atoms with Crippen molar-refractivity contribution in [3.63, 3.8) is 0 Å². The number of amides is 2. The van der Waals surface area contributed by atoms with Crippen LogP contribution in [0.5, 0.6) is 0 Å². The number of hydrogen-bond acceptors (Lipinski definition) is 4. The molecule has 1 heterocycles. The normalized spacial score (nSPS) is 17.2. The van der Waals surface area contributed by atoms with Crippen LogP contribution in [-0.4, -0.2) is 37.0 Å². The first kappa shape index (κ1) is 16.9. The molecule has 0 spiro atoms. The van der Waals surface area contributed by atoms with E-state index < -0.39 is 11.8 Å². The number of rotatable bonds is 6. The van der Waals surface area contributed by atoms with Gasteiger partial charge in [0.25, 0.3) is 0 Å². The second kappa shape index (κ2) is 7.71. The molecule has 0 radical (unpaired) electrons. The maximum atomic E-state index is 13.2. The lowest BCUT2D eigenvalue weighted by Crippen LogP contribution is -2.37. The summed E-state index contributed by atoms with van der Waals surface area (Å²) < 4.78 is 18.0. The van der Waals surface area contributed by atoms with Crippen molar-refractivity contribution in [3.05, 3.63) is 30.1 Å². The maximum Gasteiger partial charge on any atom is 0.306 e. The van der Waals surface area contributed by atoms with Crippen molar-refractivity contribution in [3.8, 4) is 0 Å². The topological polar surface area (TPSA) is 75.7 Å². The summed E-state index contributed by atoms with van der Waals surface area (Å²) in [5, 5.41) is 2.72. The predicted octanol–water partition coefficient (Wildman–Crippen LogP) is 1.39. The van der Waals surface area contributed by atoms with Gasteiger partial charge in [-0.3, -0.25) is 14.4 Å². The van der Waals surface area contributed by atoms with Crippen LogP contribution in [0.25, 0.3) is 0 Å². The largest absolute Gasteiger partial charge is 0.466 e. The highest BCUT2D eigenvalue weighted by atomic mass is 19.1. The van der Waals surface area contributed by atoms with Gasteiger partial charge in [0, 0.05) is 25.1 Å². The molecule has 6 nitrogen and oxygen atoms in total. The number of halogens is 1. The van der Waals surface area contributed by atoms with Crippen LogP contribution in [0.3, 0.4) is 0 Å². The summed E-state index contributed by atoms with van der Waals surface area (Å²) in [5.41, 5.74) is 0.471. The molecule has 1 aromatic carbocycles. The van der Waals surface area contributed by atoms with Crippen LogP contribution in [-0.2, 0) is 19.1 Å². The Balaban J connectivity index is 1.85. The van der Waals surface area contributed by atoms with Gasteiger partial charge in [0.1, 0.15) is 5.82 Å². The summed E-state index contributed by atoms with van der Waals surface area (Å²) >= 11 is 0. The molecule has 0 aromatic heterocycles. The highest BCUT2D eigenvalue weighted by Crippen LogP contribution is 2.22. The minimum atomic E-state index is -0.425. The number of benzene rings is 1. The van der Waals surface area contributed by atoms with Gasteiger partial charge in [0.2, 0.25) is 11.8 Å². The molecule has 1 atom stereocenters. The highest BCUT2D eigenvalue weighted by molar-refractivity contribution is 5.96. The van der Waals surface area contributed by atoms with Crippen LogP contribution >= 0.6 is 0 Å². The molecule has 2 amide bonds. The standard InChI is InChI=1S/C16H19FN2O4/c1-2-23-16(22)7-6-14(20)18-12-9-15(21)19(10-12)13-5-3-4-11(17)8-13/h3-5,8,12H,2,6-7,9-10H2,1H3,(H,18,20)/t12-/m0/s1. The minimum absolute atomic E-state index is 0.00789. The smallest absolute Gasteiger partial charge is 0.306 e. The Morgan fingerprint density at radius 3 is 2.87 bits per heavy atom. The average molecular weight is 322 g/mol. The summed E-state index contributed by atoms with van der Waals surface area (Å²) in [6.45, 7) is 2.26. The molecule has 1 aliphatic heterocycles. The molecule has 0 aliphatic carbocycles. The van der Waals surface area contributed by atoms with E-state index in [1.807, 2.05) is 0 Å². The van der Waals surface area contributed by atoms with Crippen LogP contribution < -0.4 is 10.2 Å². The van der Waals surface area contributed by atoms with Gasteiger partial charge in [0.15, 0.2) is 0 Å². The Hall–Kier alpha value is -2.44. The Kier molecular flexibility index (Phi) is 5.67. The fraction of sp³-hybridized carbons (Fsp3) is 0.438. The number of ether oxygens (including phenoxy) is 1. The van der Waals surface area contributed by atoms with Crippen molar-refractivity contribution in [2.75, 3.05) is 18.1 Å². The summed E-state index contributed by atoms with van der Waals surface area (Å²) in [5.74, 6) is -1.33. The van der Waals surface area contributed by atoms with Crippen LogP contribution in [0.2, 0.25) is 0 Å². The number of carbonyl (C=O) groups is 3. The predicted molar refractivity (Wildman–Crippen MR) is 81.2 cm³/mol. The highest BCUT2D eigenvalue weighted by Gasteiger charge is 2.31. The number of esters is 1. The van der Waals surface area contributed by atoms with E-state index in [-0.39, 0.29) is 50.3 Å². The number of anilines is 1. The van der Waals surface area contributed by atoms with Crippen LogP contribution in [0.4, 0.5) is 10.1 Å². The quantitative estimate of drug-likeness (QED) is 0.803. The zero-order chi connectivity index (χ0) is 16.8. The molecule has 124 valence electrons. The third-order valence-electron chi connectivity index (χ3n) is 3.47. The zero-order valence-electron chi connectivity index (χ0n) is 12.9. The third-order valence-corrected chi connectivity index (χ3v) is 3.47. The molecule has 1 N–H and O–H groups in total. The van der Waals surface area contributed by atoms with Crippen molar-refractivity contribution in [2.45, 2.75) is 32.2 Å². The molecule has 0 saturated carbocycles. The number of nitrogens with one attached hydrogen (secondary N) is 1. The summed E-state index contributed by atoms with van der Waals surface area (Å²) in [6, 6.07) is 5.41. The number of carbonyl (C=O) groups excluding carboxylic acids is 3. The Bertz CT molecular complexity index is 605. The van der Waals surface area contributed by atoms with Gasteiger partial charge in [-0.05, 0) is 25.1 Å². The first-order chi connectivity index (χ1) is 11.0. The van der Waals surface area contributed by atoms with Gasteiger partial charge in [-0.15, -0.1) is 0 Å². The Morgan fingerprint density at radius 2 is 2.17 bits per heavy atom. The molecule has 1 saturated heterocycles. The number of nitrogens with zero attached hydrogens (tertiary/aromatic N) is 1. The van der Waals surface area contributed by atoms with E-state index in [1.54, 1.807) is 13.0 Å². The molecule has 1 aliphatic rings. The van der Waals surface area contributed by atoms with E-state index in [0.29, 0.717) is 5.69 Å². The first-order valence-electron chi connectivity index (χ1n) is 7.50. The monoisotopic (exact) mass is 322 g/mol. The lowest BCUT2D eigenvalue weighted by molar-refractivity contribution is -0.144. The molecule has 0 unspecified atom stereocenters. The van der Waals surface area contributed by atoms with Gasteiger partial charge in [0.05, 0.1) is 19.1 Å². The second-order valence-electron chi connectivity index (χ2n) is 5.26. The summed E-state index contributed by atoms with van der Waals surface area (Å²) in [6.07, 6.45) is 0.180. The van der Waals surface area contributed by atoms with Crippen LogP contribution in [0.1, 0.15) is 26.2 Å². The van der Waals surface area contributed by atoms with E-state index >= 15 is 0 Å². The minimum Gasteiger partial charge on any atom is -0.466 e. The average Bonchev–Trinajstić information content (AvgIpc) is 2.86. The molecular formula is C16H19FN2O4. The van der Waals surface area contributed by atoms with Gasteiger partial charge < -0.3 is 15.0 Å².